The van der Waals surface area contributed by atoms with E-state index in [9.17, 15) is 4.79 Å². The number of pyridine rings is 1. The predicted octanol–water partition coefficient (Wildman–Crippen LogP) is 2.36. The SMILES string of the molecule is COc1nc(C=CCCSC(C)=O)ccc1N. The summed E-state index contributed by atoms with van der Waals surface area (Å²) in [5.74, 6) is 1.23. The molecule has 1 aromatic rings. The largest absolute Gasteiger partial charge is 0.480 e. The topological polar surface area (TPSA) is 65.2 Å². The molecule has 17 heavy (non-hydrogen) atoms. The van der Waals surface area contributed by atoms with Crippen LogP contribution in [-0.4, -0.2) is 23.0 Å². The Morgan fingerprint density at radius 1 is 1.59 bits per heavy atom. The summed E-state index contributed by atoms with van der Waals surface area (Å²) in [5, 5.41) is 0.144. The third kappa shape index (κ3) is 4.91. The van der Waals surface area contributed by atoms with E-state index in [1.807, 2.05) is 18.2 Å². The molecular weight excluding hydrogens is 236 g/mol. The molecule has 0 saturated heterocycles. The van der Waals surface area contributed by atoms with Crippen molar-refractivity contribution in [3.05, 3.63) is 23.9 Å². The molecule has 0 spiro atoms. The molecule has 0 aromatic carbocycles. The number of nitrogen functional groups attached to an aromatic ring is 1. The Morgan fingerprint density at radius 3 is 3.00 bits per heavy atom. The smallest absolute Gasteiger partial charge is 0.237 e. The Hall–Kier alpha value is -1.49. The van der Waals surface area contributed by atoms with E-state index in [2.05, 4.69) is 4.98 Å². The minimum atomic E-state index is 0.144. The van der Waals surface area contributed by atoms with Gasteiger partial charge in [0.25, 0.3) is 0 Å². The number of aromatic nitrogens is 1. The van der Waals surface area contributed by atoms with Gasteiger partial charge in [0.05, 0.1) is 18.5 Å². The van der Waals surface area contributed by atoms with Crippen LogP contribution in [0.2, 0.25) is 0 Å². The number of methoxy groups -OCH3 is 1. The zero-order valence-corrected chi connectivity index (χ0v) is 10.8. The van der Waals surface area contributed by atoms with Crippen molar-refractivity contribution in [3.8, 4) is 5.88 Å². The molecule has 1 heterocycles. The third-order valence-corrected chi connectivity index (χ3v) is 2.83. The summed E-state index contributed by atoms with van der Waals surface area (Å²) < 4.78 is 5.03. The fourth-order valence-electron chi connectivity index (χ4n) is 1.20. The van der Waals surface area contributed by atoms with Crippen LogP contribution in [0.15, 0.2) is 18.2 Å². The molecule has 4 nitrogen and oxygen atoms in total. The first kappa shape index (κ1) is 13.6. The molecular formula is C12H16N2O2S. The van der Waals surface area contributed by atoms with Crippen molar-refractivity contribution in [2.75, 3.05) is 18.6 Å². The molecule has 0 aliphatic carbocycles. The van der Waals surface area contributed by atoms with Gasteiger partial charge in [-0.05, 0) is 24.6 Å². The zero-order chi connectivity index (χ0) is 12.7. The molecule has 0 amide bonds. The molecule has 0 radical (unpaired) electrons. The summed E-state index contributed by atoms with van der Waals surface area (Å²) in [4.78, 5) is 14.9. The van der Waals surface area contributed by atoms with Crippen molar-refractivity contribution in [2.24, 2.45) is 0 Å². The first-order valence-corrected chi connectivity index (χ1v) is 6.22. The van der Waals surface area contributed by atoms with Crippen LogP contribution in [0.5, 0.6) is 5.88 Å². The highest BCUT2D eigenvalue weighted by Crippen LogP contribution is 2.18. The minimum absolute atomic E-state index is 0.144. The highest BCUT2D eigenvalue weighted by Gasteiger charge is 2.00. The van der Waals surface area contributed by atoms with E-state index in [0.29, 0.717) is 11.6 Å². The normalized spacial score (nSPS) is 10.7. The molecule has 0 bridgehead atoms. The van der Waals surface area contributed by atoms with Crippen LogP contribution in [0.4, 0.5) is 5.69 Å². The van der Waals surface area contributed by atoms with E-state index >= 15 is 0 Å². The van der Waals surface area contributed by atoms with E-state index < -0.39 is 0 Å². The highest BCUT2D eigenvalue weighted by atomic mass is 32.2. The number of hydrogen-bond donors (Lipinski definition) is 1. The summed E-state index contributed by atoms with van der Waals surface area (Å²) in [6, 6.07) is 3.59. The molecule has 0 unspecified atom stereocenters. The summed E-state index contributed by atoms with van der Waals surface area (Å²) >= 11 is 1.32. The molecule has 0 aliphatic heterocycles. The van der Waals surface area contributed by atoms with Crippen molar-refractivity contribution in [3.63, 3.8) is 0 Å². The first-order valence-electron chi connectivity index (χ1n) is 5.24. The number of nitrogens with zero attached hydrogens (tertiary/aromatic N) is 1. The van der Waals surface area contributed by atoms with Crippen LogP contribution >= 0.6 is 11.8 Å². The zero-order valence-electron chi connectivity index (χ0n) is 9.97. The van der Waals surface area contributed by atoms with E-state index in [-0.39, 0.29) is 5.12 Å². The van der Waals surface area contributed by atoms with Crippen molar-refractivity contribution in [1.82, 2.24) is 4.98 Å². The van der Waals surface area contributed by atoms with Gasteiger partial charge in [-0.15, -0.1) is 0 Å². The number of rotatable bonds is 5. The quantitative estimate of drug-likeness (QED) is 0.815. The predicted molar refractivity (Wildman–Crippen MR) is 72.0 cm³/mol. The van der Waals surface area contributed by atoms with Gasteiger partial charge in [0.1, 0.15) is 0 Å². The van der Waals surface area contributed by atoms with Crippen LogP contribution in [0.1, 0.15) is 19.0 Å². The number of carbonyl (C=O) groups is 1. The summed E-state index contributed by atoms with van der Waals surface area (Å²) in [5.41, 5.74) is 6.98. The van der Waals surface area contributed by atoms with Gasteiger partial charge in [0.15, 0.2) is 5.12 Å². The Morgan fingerprint density at radius 2 is 2.35 bits per heavy atom. The fourth-order valence-corrected chi connectivity index (χ4v) is 1.74. The van der Waals surface area contributed by atoms with Crippen molar-refractivity contribution >= 4 is 28.6 Å². The van der Waals surface area contributed by atoms with E-state index in [0.717, 1.165) is 17.9 Å². The fraction of sp³-hybridized carbons (Fsp3) is 0.333. The monoisotopic (exact) mass is 252 g/mol. The van der Waals surface area contributed by atoms with Gasteiger partial charge in [0.2, 0.25) is 5.88 Å². The lowest BCUT2D eigenvalue weighted by molar-refractivity contribution is -0.109. The van der Waals surface area contributed by atoms with Crippen molar-refractivity contribution < 1.29 is 9.53 Å². The maximum Gasteiger partial charge on any atom is 0.237 e. The van der Waals surface area contributed by atoms with Crippen molar-refractivity contribution in [1.29, 1.82) is 0 Å². The van der Waals surface area contributed by atoms with Gasteiger partial charge in [-0.3, -0.25) is 4.79 Å². The Balaban J connectivity index is 2.50. The molecule has 0 fully saturated rings. The average Bonchev–Trinajstić information content (AvgIpc) is 2.30. The highest BCUT2D eigenvalue weighted by molar-refractivity contribution is 8.13. The van der Waals surface area contributed by atoms with E-state index in [4.69, 9.17) is 10.5 Å². The lowest BCUT2D eigenvalue weighted by atomic mass is 10.3. The van der Waals surface area contributed by atoms with E-state index in [1.54, 1.807) is 13.0 Å². The van der Waals surface area contributed by atoms with E-state index in [1.165, 1.54) is 18.9 Å². The second-order valence-electron chi connectivity index (χ2n) is 3.37. The van der Waals surface area contributed by atoms with Gasteiger partial charge < -0.3 is 10.5 Å². The van der Waals surface area contributed by atoms with Gasteiger partial charge in [0, 0.05) is 12.7 Å². The number of hydrogen-bond acceptors (Lipinski definition) is 5. The van der Waals surface area contributed by atoms with Crippen LogP contribution in [-0.2, 0) is 4.79 Å². The maximum absolute atomic E-state index is 10.7. The van der Waals surface area contributed by atoms with Crippen LogP contribution in [0.25, 0.3) is 6.08 Å². The van der Waals surface area contributed by atoms with Crippen LogP contribution in [0.3, 0.4) is 0 Å². The maximum atomic E-state index is 10.7. The number of carbonyl (C=O) groups excluding carboxylic acids is 1. The minimum Gasteiger partial charge on any atom is -0.480 e. The number of anilines is 1. The third-order valence-electron chi connectivity index (χ3n) is 1.98. The molecule has 1 aromatic heterocycles. The lowest BCUT2D eigenvalue weighted by Crippen LogP contribution is -1.96. The van der Waals surface area contributed by atoms with Crippen molar-refractivity contribution in [2.45, 2.75) is 13.3 Å². The first-order chi connectivity index (χ1) is 8.13. The standard InChI is InChI=1S/C12H16N2O2S/c1-9(15)17-8-4-3-5-10-6-7-11(13)12(14-10)16-2/h3,5-7H,4,8,13H2,1-2H3. The van der Waals surface area contributed by atoms with Crippen LogP contribution in [0, 0.1) is 0 Å². The van der Waals surface area contributed by atoms with Gasteiger partial charge in [-0.25, -0.2) is 4.98 Å². The Labute approximate surface area is 105 Å². The van der Waals surface area contributed by atoms with Gasteiger partial charge in [-0.2, -0.15) is 0 Å². The summed E-state index contributed by atoms with van der Waals surface area (Å²) in [6.07, 6.45) is 4.70. The summed E-state index contributed by atoms with van der Waals surface area (Å²) in [6.45, 7) is 1.57. The molecule has 5 heteroatoms. The molecule has 2 N–H and O–H groups in total. The molecule has 0 aliphatic rings. The second-order valence-corrected chi connectivity index (χ2v) is 4.64. The molecule has 1 rings (SSSR count). The second kappa shape index (κ2) is 6.96. The summed E-state index contributed by atoms with van der Waals surface area (Å²) in [7, 11) is 1.54. The number of thioether (sulfide) groups is 1. The lowest BCUT2D eigenvalue weighted by Gasteiger charge is -2.03. The number of allylic oxidation sites excluding steroid dienone is 1. The van der Waals surface area contributed by atoms with Gasteiger partial charge in [-0.1, -0.05) is 17.8 Å². The van der Waals surface area contributed by atoms with Crippen LogP contribution < -0.4 is 10.5 Å². The number of nitrogens with two attached hydrogens (primary N) is 1. The molecule has 92 valence electrons. The Kier molecular flexibility index (Phi) is 5.56. The average molecular weight is 252 g/mol. The Bertz CT molecular complexity index is 419. The molecule has 0 saturated carbocycles. The number of ether oxygens (including phenoxy) is 1. The molecule has 0 atom stereocenters. The van der Waals surface area contributed by atoms with Gasteiger partial charge >= 0.3 is 0 Å².